The molecule has 8 heteroatoms. The van der Waals surface area contributed by atoms with E-state index in [0.29, 0.717) is 17.8 Å². The van der Waals surface area contributed by atoms with Crippen molar-refractivity contribution in [2.75, 3.05) is 6.54 Å². The van der Waals surface area contributed by atoms with Crippen LogP contribution in [0.5, 0.6) is 0 Å². The molecule has 0 unspecified atom stereocenters. The Bertz CT molecular complexity index is 740. The van der Waals surface area contributed by atoms with Crippen LogP contribution in [0.2, 0.25) is 0 Å². The van der Waals surface area contributed by atoms with Gasteiger partial charge in [0.1, 0.15) is 5.69 Å². The van der Waals surface area contributed by atoms with Crippen LogP contribution < -0.4 is 16.6 Å². The molecule has 0 aliphatic heterocycles. The van der Waals surface area contributed by atoms with Gasteiger partial charge in [0.05, 0.1) is 6.33 Å². The highest BCUT2D eigenvalue weighted by Gasteiger charge is 2.08. The molecule has 20 heavy (non-hydrogen) atoms. The van der Waals surface area contributed by atoms with Crippen LogP contribution in [-0.2, 0) is 6.54 Å². The van der Waals surface area contributed by atoms with Crippen LogP contribution in [0.3, 0.4) is 0 Å². The molecular weight excluding hydrogens is 262 g/mol. The Morgan fingerprint density at radius 1 is 1.40 bits per heavy atom. The fourth-order valence-electron chi connectivity index (χ4n) is 1.67. The fourth-order valence-corrected chi connectivity index (χ4v) is 1.67. The number of rotatable bonds is 4. The zero-order valence-electron chi connectivity index (χ0n) is 11.2. The summed E-state index contributed by atoms with van der Waals surface area (Å²) in [4.78, 5) is 43.2. The van der Waals surface area contributed by atoms with Crippen molar-refractivity contribution >= 4 is 5.91 Å². The van der Waals surface area contributed by atoms with Gasteiger partial charge in [-0.2, -0.15) is 0 Å². The van der Waals surface area contributed by atoms with Crippen molar-refractivity contribution in [1.82, 2.24) is 24.8 Å². The molecule has 0 bridgehead atoms. The largest absolute Gasteiger partial charge is 0.349 e. The highest BCUT2D eigenvalue weighted by molar-refractivity contribution is 5.91. The molecule has 2 heterocycles. The van der Waals surface area contributed by atoms with E-state index >= 15 is 0 Å². The quantitative estimate of drug-likeness (QED) is 0.686. The van der Waals surface area contributed by atoms with Crippen LogP contribution in [0.4, 0.5) is 0 Å². The normalized spacial score (nSPS) is 10.5. The molecule has 0 radical (unpaired) electrons. The van der Waals surface area contributed by atoms with Gasteiger partial charge in [-0.3, -0.25) is 14.2 Å². The number of aromatic amines is 2. The topological polar surface area (TPSA) is 113 Å². The Labute approximate surface area is 113 Å². The van der Waals surface area contributed by atoms with E-state index in [9.17, 15) is 14.4 Å². The van der Waals surface area contributed by atoms with E-state index in [4.69, 9.17) is 0 Å². The zero-order valence-corrected chi connectivity index (χ0v) is 11.2. The molecule has 0 saturated carbocycles. The summed E-state index contributed by atoms with van der Waals surface area (Å²) in [6, 6.07) is 0. The molecule has 2 aromatic rings. The number of imidazole rings is 1. The van der Waals surface area contributed by atoms with Crippen molar-refractivity contribution < 1.29 is 4.79 Å². The number of hydrogen-bond acceptors (Lipinski definition) is 4. The van der Waals surface area contributed by atoms with E-state index in [0.717, 1.165) is 0 Å². The van der Waals surface area contributed by atoms with Crippen molar-refractivity contribution in [3.8, 4) is 0 Å². The molecule has 0 saturated heterocycles. The number of nitrogens with one attached hydrogen (secondary N) is 3. The van der Waals surface area contributed by atoms with Gasteiger partial charge in [0, 0.05) is 30.5 Å². The summed E-state index contributed by atoms with van der Waals surface area (Å²) in [7, 11) is 0. The maximum Gasteiger partial charge on any atom is 0.323 e. The molecule has 1 amide bonds. The third-order valence-electron chi connectivity index (χ3n) is 2.99. The van der Waals surface area contributed by atoms with Crippen molar-refractivity contribution in [1.29, 1.82) is 0 Å². The van der Waals surface area contributed by atoms with Gasteiger partial charge in [-0.05, 0) is 13.8 Å². The van der Waals surface area contributed by atoms with Crippen LogP contribution in [0.25, 0.3) is 0 Å². The number of hydrogen-bond donors (Lipinski definition) is 3. The molecule has 2 aromatic heterocycles. The monoisotopic (exact) mass is 277 g/mol. The summed E-state index contributed by atoms with van der Waals surface area (Å²) in [5.41, 5.74) is 0.876. The third-order valence-corrected chi connectivity index (χ3v) is 2.99. The molecule has 3 N–H and O–H groups in total. The van der Waals surface area contributed by atoms with E-state index in [1.165, 1.54) is 17.1 Å². The summed E-state index contributed by atoms with van der Waals surface area (Å²) in [6.07, 6.45) is 2.75. The molecule has 0 aromatic carbocycles. The van der Waals surface area contributed by atoms with Gasteiger partial charge >= 0.3 is 5.69 Å². The molecular formula is C12H15N5O3. The minimum atomic E-state index is -0.440. The first kappa shape index (κ1) is 13.8. The van der Waals surface area contributed by atoms with E-state index in [-0.39, 0.29) is 17.8 Å². The lowest BCUT2D eigenvalue weighted by Gasteiger charge is -2.08. The Kier molecular flexibility index (Phi) is 3.83. The Morgan fingerprint density at radius 3 is 2.80 bits per heavy atom. The number of carbonyl (C=O) groups excluding carboxylic acids is 1. The van der Waals surface area contributed by atoms with Crippen LogP contribution in [0, 0.1) is 13.8 Å². The molecule has 0 aliphatic carbocycles. The SMILES string of the molecule is Cc1ncn(CCNC(=O)c2c[nH]c(=O)[nH]2)c(=O)c1C. The lowest BCUT2D eigenvalue weighted by molar-refractivity contribution is 0.0947. The Hall–Kier alpha value is -2.64. The second-order valence-corrected chi connectivity index (χ2v) is 4.37. The van der Waals surface area contributed by atoms with Crippen LogP contribution >= 0.6 is 0 Å². The predicted molar refractivity (Wildman–Crippen MR) is 71.7 cm³/mol. The number of amides is 1. The minimum absolute atomic E-state index is 0.123. The maximum atomic E-state index is 11.9. The van der Waals surface area contributed by atoms with Crippen LogP contribution in [0.15, 0.2) is 22.1 Å². The lowest BCUT2D eigenvalue weighted by Crippen LogP contribution is -2.32. The fraction of sp³-hybridized carbons (Fsp3) is 0.333. The Balaban J connectivity index is 1.97. The van der Waals surface area contributed by atoms with Gasteiger partial charge in [-0.25, -0.2) is 9.78 Å². The molecule has 8 nitrogen and oxygen atoms in total. The second kappa shape index (κ2) is 5.55. The van der Waals surface area contributed by atoms with E-state index in [1.54, 1.807) is 13.8 Å². The standard InChI is InChI=1S/C12H15N5O3/c1-7-8(2)15-6-17(11(7)19)4-3-13-10(18)9-5-14-12(20)16-9/h5-6H,3-4H2,1-2H3,(H,13,18)(H2,14,16,20). The first-order chi connectivity index (χ1) is 9.49. The summed E-state index contributed by atoms with van der Waals surface area (Å²) in [5.74, 6) is -0.409. The van der Waals surface area contributed by atoms with Crippen LogP contribution in [0.1, 0.15) is 21.7 Å². The van der Waals surface area contributed by atoms with Gasteiger partial charge in [-0.15, -0.1) is 0 Å². The third kappa shape index (κ3) is 2.85. The van der Waals surface area contributed by atoms with Crippen molar-refractivity contribution in [3.63, 3.8) is 0 Å². The first-order valence-electron chi connectivity index (χ1n) is 6.07. The van der Waals surface area contributed by atoms with Gasteiger partial charge in [-0.1, -0.05) is 0 Å². The van der Waals surface area contributed by atoms with Gasteiger partial charge < -0.3 is 15.3 Å². The summed E-state index contributed by atoms with van der Waals surface area (Å²) < 4.78 is 1.43. The summed E-state index contributed by atoms with van der Waals surface area (Å²) >= 11 is 0. The number of nitrogens with zero attached hydrogens (tertiary/aromatic N) is 2. The molecule has 2 rings (SSSR count). The number of H-pyrrole nitrogens is 2. The van der Waals surface area contributed by atoms with E-state index < -0.39 is 11.6 Å². The van der Waals surface area contributed by atoms with Gasteiger partial charge in [0.2, 0.25) is 0 Å². The summed E-state index contributed by atoms with van der Waals surface area (Å²) in [5, 5.41) is 2.61. The molecule has 0 atom stereocenters. The average molecular weight is 277 g/mol. The second-order valence-electron chi connectivity index (χ2n) is 4.37. The molecule has 0 aliphatic rings. The average Bonchev–Trinajstić information content (AvgIpc) is 2.85. The first-order valence-corrected chi connectivity index (χ1v) is 6.07. The van der Waals surface area contributed by atoms with Crippen molar-refractivity contribution in [3.05, 3.63) is 50.3 Å². The maximum absolute atomic E-state index is 11.9. The number of aromatic nitrogens is 4. The van der Waals surface area contributed by atoms with E-state index in [2.05, 4.69) is 20.3 Å². The van der Waals surface area contributed by atoms with Crippen molar-refractivity contribution in [2.45, 2.75) is 20.4 Å². The highest BCUT2D eigenvalue weighted by Crippen LogP contribution is 1.94. The smallest absolute Gasteiger partial charge is 0.323 e. The van der Waals surface area contributed by atoms with E-state index in [1.807, 2.05) is 0 Å². The molecule has 0 spiro atoms. The molecule has 0 fully saturated rings. The highest BCUT2D eigenvalue weighted by atomic mass is 16.2. The van der Waals surface area contributed by atoms with Gasteiger partial charge in [0.25, 0.3) is 11.5 Å². The summed E-state index contributed by atoms with van der Waals surface area (Å²) in [6.45, 7) is 4.05. The molecule has 106 valence electrons. The zero-order chi connectivity index (χ0) is 14.7. The number of carbonyl (C=O) groups is 1. The minimum Gasteiger partial charge on any atom is -0.349 e. The predicted octanol–water partition coefficient (Wildman–Crippen LogP) is -0.693. The van der Waals surface area contributed by atoms with Gasteiger partial charge in [0.15, 0.2) is 0 Å². The lowest BCUT2D eigenvalue weighted by atomic mass is 10.3. The number of aryl methyl sites for hydroxylation is 1. The van der Waals surface area contributed by atoms with Crippen molar-refractivity contribution in [2.24, 2.45) is 0 Å². The Morgan fingerprint density at radius 2 is 2.15 bits per heavy atom. The van der Waals surface area contributed by atoms with Crippen LogP contribution in [-0.4, -0.2) is 32.0 Å².